The summed E-state index contributed by atoms with van der Waals surface area (Å²) in [5.74, 6) is 1.92. The van der Waals surface area contributed by atoms with E-state index in [-0.39, 0.29) is 0 Å². The summed E-state index contributed by atoms with van der Waals surface area (Å²) in [5, 5.41) is 4.70. The first-order chi connectivity index (χ1) is 21.8. The number of fused-ring (bicyclic) bond motifs is 6. The van der Waals surface area contributed by atoms with Gasteiger partial charge in [-0.2, -0.15) is 0 Å². The molecule has 0 aliphatic carbocycles. The molecule has 9 aromatic rings. The van der Waals surface area contributed by atoms with Crippen molar-refractivity contribution < 1.29 is 4.42 Å². The highest BCUT2D eigenvalue weighted by molar-refractivity contribution is 7.25. The number of furan rings is 1. The fourth-order valence-corrected chi connectivity index (χ4v) is 7.26. The van der Waals surface area contributed by atoms with Crippen LogP contribution in [0.1, 0.15) is 0 Å². The third kappa shape index (κ3) is 4.02. The van der Waals surface area contributed by atoms with Crippen LogP contribution in [-0.4, -0.2) is 15.0 Å². The van der Waals surface area contributed by atoms with Crippen molar-refractivity contribution in [3.63, 3.8) is 0 Å². The molecule has 0 N–H and O–H groups in total. The third-order valence-electron chi connectivity index (χ3n) is 8.17. The predicted octanol–water partition coefficient (Wildman–Crippen LogP) is 10.8. The van der Waals surface area contributed by atoms with Crippen LogP contribution in [0.25, 0.3) is 87.4 Å². The van der Waals surface area contributed by atoms with Crippen molar-refractivity contribution in [2.75, 3.05) is 0 Å². The lowest BCUT2D eigenvalue weighted by molar-refractivity contribution is 0.669. The number of nitrogens with zero attached hydrogens (tertiary/aromatic N) is 3. The third-order valence-corrected chi connectivity index (χ3v) is 9.30. The second-order valence-electron chi connectivity index (χ2n) is 10.8. The SMILES string of the molecule is c1ccc(-c2nc(-c3ccc4c(c3)sc3ccccc34)nc(-c3ccccc3-c3cccc4oc5ccccc5c34)n2)cc1. The Bertz CT molecular complexity index is 2510. The molecule has 206 valence electrons. The van der Waals surface area contributed by atoms with Crippen LogP contribution in [0.15, 0.2) is 144 Å². The molecular weight excluding hydrogens is 559 g/mol. The Labute approximate surface area is 256 Å². The van der Waals surface area contributed by atoms with Crippen molar-refractivity contribution in [2.45, 2.75) is 0 Å². The summed E-state index contributed by atoms with van der Waals surface area (Å²) in [5.41, 5.74) is 6.70. The molecule has 0 bridgehead atoms. The molecule has 0 unspecified atom stereocenters. The number of hydrogen-bond donors (Lipinski definition) is 0. The highest BCUT2D eigenvalue weighted by atomic mass is 32.1. The lowest BCUT2D eigenvalue weighted by Crippen LogP contribution is -2.01. The van der Waals surface area contributed by atoms with E-state index in [1.807, 2.05) is 60.7 Å². The maximum Gasteiger partial charge on any atom is 0.164 e. The summed E-state index contributed by atoms with van der Waals surface area (Å²) in [7, 11) is 0. The van der Waals surface area contributed by atoms with Gasteiger partial charge in [0.25, 0.3) is 0 Å². The summed E-state index contributed by atoms with van der Waals surface area (Å²) < 4.78 is 8.72. The van der Waals surface area contributed by atoms with Gasteiger partial charge in [-0.25, -0.2) is 15.0 Å². The number of aromatic nitrogens is 3. The highest BCUT2D eigenvalue weighted by Crippen LogP contribution is 2.41. The largest absolute Gasteiger partial charge is 0.456 e. The minimum absolute atomic E-state index is 0.630. The van der Waals surface area contributed by atoms with E-state index in [0.717, 1.165) is 49.8 Å². The van der Waals surface area contributed by atoms with E-state index in [9.17, 15) is 0 Å². The molecule has 5 heteroatoms. The molecule has 0 atom stereocenters. The van der Waals surface area contributed by atoms with E-state index < -0.39 is 0 Å². The van der Waals surface area contributed by atoms with Gasteiger partial charge in [0.2, 0.25) is 0 Å². The van der Waals surface area contributed by atoms with Gasteiger partial charge in [0.15, 0.2) is 17.5 Å². The summed E-state index contributed by atoms with van der Waals surface area (Å²) in [4.78, 5) is 15.2. The Hall–Kier alpha value is -5.65. The Morgan fingerprint density at radius 1 is 0.409 bits per heavy atom. The van der Waals surface area contributed by atoms with Gasteiger partial charge in [0.1, 0.15) is 11.2 Å². The van der Waals surface area contributed by atoms with E-state index in [1.165, 1.54) is 20.2 Å². The molecule has 6 aromatic carbocycles. The molecule has 0 radical (unpaired) electrons. The molecule has 4 nitrogen and oxygen atoms in total. The maximum atomic E-state index is 6.23. The topological polar surface area (TPSA) is 51.8 Å². The minimum Gasteiger partial charge on any atom is -0.456 e. The van der Waals surface area contributed by atoms with Gasteiger partial charge >= 0.3 is 0 Å². The van der Waals surface area contributed by atoms with Gasteiger partial charge in [-0.3, -0.25) is 0 Å². The van der Waals surface area contributed by atoms with Crippen LogP contribution in [0, 0.1) is 0 Å². The Kier molecular flexibility index (Phi) is 5.64. The lowest BCUT2D eigenvalue weighted by Gasteiger charge is -2.13. The lowest BCUT2D eigenvalue weighted by atomic mass is 9.95. The zero-order valence-corrected chi connectivity index (χ0v) is 24.3. The van der Waals surface area contributed by atoms with Gasteiger partial charge in [-0.1, -0.05) is 115 Å². The van der Waals surface area contributed by atoms with Crippen LogP contribution in [0.2, 0.25) is 0 Å². The molecule has 0 fully saturated rings. The van der Waals surface area contributed by atoms with Crippen LogP contribution in [0.4, 0.5) is 0 Å². The molecular formula is C39H23N3OS. The first-order valence-electron chi connectivity index (χ1n) is 14.5. The summed E-state index contributed by atoms with van der Waals surface area (Å²) in [6.45, 7) is 0. The molecule has 0 aliphatic rings. The number of hydrogen-bond acceptors (Lipinski definition) is 5. The second kappa shape index (κ2) is 9.97. The summed E-state index contributed by atoms with van der Waals surface area (Å²) in [6.07, 6.45) is 0. The van der Waals surface area contributed by atoms with E-state index in [0.29, 0.717) is 17.5 Å². The quantitative estimate of drug-likeness (QED) is 0.207. The van der Waals surface area contributed by atoms with Crippen LogP contribution in [-0.2, 0) is 0 Å². The monoisotopic (exact) mass is 581 g/mol. The molecule has 3 heterocycles. The highest BCUT2D eigenvalue weighted by Gasteiger charge is 2.19. The van der Waals surface area contributed by atoms with Crippen molar-refractivity contribution in [2.24, 2.45) is 0 Å². The van der Waals surface area contributed by atoms with Crippen molar-refractivity contribution >= 4 is 53.4 Å². The van der Waals surface area contributed by atoms with Gasteiger partial charge in [-0.05, 0) is 35.4 Å². The van der Waals surface area contributed by atoms with Crippen molar-refractivity contribution in [3.05, 3.63) is 140 Å². The molecule has 9 rings (SSSR count). The van der Waals surface area contributed by atoms with E-state index in [4.69, 9.17) is 19.4 Å². The van der Waals surface area contributed by atoms with E-state index >= 15 is 0 Å². The molecule has 0 saturated carbocycles. The number of benzene rings is 6. The summed E-state index contributed by atoms with van der Waals surface area (Å²) >= 11 is 1.79. The molecule has 3 aromatic heterocycles. The van der Waals surface area contributed by atoms with Crippen LogP contribution in [0.3, 0.4) is 0 Å². The van der Waals surface area contributed by atoms with Crippen LogP contribution in [0.5, 0.6) is 0 Å². The predicted molar refractivity (Wildman–Crippen MR) is 182 cm³/mol. The molecule has 0 saturated heterocycles. The smallest absolute Gasteiger partial charge is 0.164 e. The van der Waals surface area contributed by atoms with Crippen LogP contribution >= 0.6 is 11.3 Å². The Balaban J connectivity index is 1.28. The average molecular weight is 582 g/mol. The fourth-order valence-electron chi connectivity index (χ4n) is 6.12. The average Bonchev–Trinajstić information content (AvgIpc) is 3.66. The summed E-state index contributed by atoms with van der Waals surface area (Å²) in [6, 6.07) is 48.0. The molecule has 0 spiro atoms. The number of rotatable bonds is 4. The first kappa shape index (κ1) is 24.9. The second-order valence-corrected chi connectivity index (χ2v) is 11.9. The first-order valence-corrected chi connectivity index (χ1v) is 15.3. The fraction of sp³-hybridized carbons (Fsp3) is 0. The van der Waals surface area contributed by atoms with Crippen molar-refractivity contribution in [1.29, 1.82) is 0 Å². The number of para-hydroxylation sites is 1. The van der Waals surface area contributed by atoms with Crippen molar-refractivity contribution in [1.82, 2.24) is 15.0 Å². The van der Waals surface area contributed by atoms with Gasteiger partial charge < -0.3 is 4.42 Å². The molecule has 0 aliphatic heterocycles. The van der Waals surface area contributed by atoms with Gasteiger partial charge in [-0.15, -0.1) is 11.3 Å². The Morgan fingerprint density at radius 2 is 1.05 bits per heavy atom. The zero-order chi connectivity index (χ0) is 29.0. The van der Waals surface area contributed by atoms with Gasteiger partial charge in [0.05, 0.1) is 0 Å². The maximum absolute atomic E-state index is 6.23. The normalized spacial score (nSPS) is 11.6. The van der Waals surface area contributed by atoms with E-state index in [2.05, 4.69) is 78.9 Å². The van der Waals surface area contributed by atoms with E-state index in [1.54, 1.807) is 11.3 Å². The number of thiophene rings is 1. The van der Waals surface area contributed by atoms with Crippen molar-refractivity contribution in [3.8, 4) is 45.3 Å². The van der Waals surface area contributed by atoms with Crippen LogP contribution < -0.4 is 0 Å². The standard InChI is InChI=1S/C39H23N3OS/c1-2-11-24(12-3-1)37-40-38(25-21-22-28-27-14-7-9-20-34(27)44-35(28)23-25)42-39(41-37)30-15-5-4-13-26(30)29-17-10-19-33-36(29)31-16-6-8-18-32(31)43-33/h1-23H. The Morgan fingerprint density at radius 3 is 1.93 bits per heavy atom. The minimum atomic E-state index is 0.630. The molecule has 0 amide bonds. The van der Waals surface area contributed by atoms with Gasteiger partial charge in [0, 0.05) is 47.6 Å². The zero-order valence-electron chi connectivity index (χ0n) is 23.4. The molecule has 44 heavy (non-hydrogen) atoms.